The van der Waals surface area contributed by atoms with Crippen molar-refractivity contribution in [3.63, 3.8) is 0 Å². The van der Waals surface area contributed by atoms with Crippen molar-refractivity contribution in [3.8, 4) is 0 Å². The maximum atomic E-state index is 13.8. The van der Waals surface area contributed by atoms with Crippen molar-refractivity contribution in [3.05, 3.63) is 107 Å². The molecule has 0 N–H and O–H groups in total. The van der Waals surface area contributed by atoms with Gasteiger partial charge < -0.3 is 4.90 Å². The van der Waals surface area contributed by atoms with E-state index < -0.39 is 0 Å². The normalized spacial score (nSPS) is 19.7. The van der Waals surface area contributed by atoms with Crippen LogP contribution in [0.5, 0.6) is 0 Å². The molecule has 36 heavy (non-hydrogen) atoms. The number of nitrogens with zero attached hydrogens (tertiary/aromatic N) is 3. The van der Waals surface area contributed by atoms with Crippen LogP contribution in [-0.4, -0.2) is 58.9 Å². The Balaban J connectivity index is 1.68. The fourth-order valence-corrected chi connectivity index (χ4v) is 5.47. The lowest BCUT2D eigenvalue weighted by atomic mass is 9.90. The average Bonchev–Trinajstić information content (AvgIpc) is 2.88. The number of hydrogen-bond acceptors (Lipinski definition) is 3. The second kappa shape index (κ2) is 11.8. The Morgan fingerprint density at radius 1 is 0.917 bits per heavy atom. The molecule has 0 aliphatic carbocycles. The lowest BCUT2D eigenvalue weighted by molar-refractivity contribution is 0.0192. The third-order valence-corrected chi connectivity index (χ3v) is 7.42. The van der Waals surface area contributed by atoms with Crippen molar-refractivity contribution in [2.45, 2.75) is 52.4 Å². The van der Waals surface area contributed by atoms with Crippen LogP contribution < -0.4 is 0 Å². The molecule has 0 aromatic heterocycles. The minimum Gasteiger partial charge on any atom is -0.339 e. The van der Waals surface area contributed by atoms with E-state index in [2.05, 4.69) is 54.0 Å². The predicted molar refractivity (Wildman–Crippen MR) is 144 cm³/mol. The van der Waals surface area contributed by atoms with E-state index in [0.29, 0.717) is 13.1 Å². The molecule has 0 saturated carbocycles. The Bertz CT molecular complexity index is 1150. The monoisotopic (exact) mass is 487 g/mol. The van der Waals surface area contributed by atoms with Gasteiger partial charge in [-0.2, -0.15) is 0 Å². The summed E-state index contributed by atoms with van der Waals surface area (Å²) < 4.78 is 13.8. The number of rotatable bonds is 8. The zero-order valence-electron chi connectivity index (χ0n) is 21.9. The molecule has 3 aromatic rings. The molecule has 1 aliphatic heterocycles. The lowest BCUT2D eigenvalue weighted by Gasteiger charge is -2.48. The second-order valence-electron chi connectivity index (χ2n) is 9.83. The van der Waals surface area contributed by atoms with Crippen molar-refractivity contribution >= 4 is 5.91 Å². The molecule has 3 aromatic carbocycles. The first-order chi connectivity index (χ1) is 17.4. The first kappa shape index (κ1) is 26.1. The number of hydrogen-bond donors (Lipinski definition) is 0. The Morgan fingerprint density at radius 3 is 2.31 bits per heavy atom. The summed E-state index contributed by atoms with van der Waals surface area (Å²) >= 11 is 0. The van der Waals surface area contributed by atoms with Gasteiger partial charge in [-0.15, -0.1) is 0 Å². The van der Waals surface area contributed by atoms with Crippen LogP contribution >= 0.6 is 0 Å². The first-order valence-electron chi connectivity index (χ1n) is 13.1. The van der Waals surface area contributed by atoms with Crippen LogP contribution in [0, 0.1) is 5.82 Å². The largest absolute Gasteiger partial charge is 0.339 e. The van der Waals surface area contributed by atoms with Crippen molar-refractivity contribution in [2.24, 2.45) is 0 Å². The van der Waals surface area contributed by atoms with Gasteiger partial charge >= 0.3 is 0 Å². The van der Waals surface area contributed by atoms with Crippen LogP contribution in [0.4, 0.5) is 4.39 Å². The number of halogens is 1. The van der Waals surface area contributed by atoms with Crippen LogP contribution in [0.1, 0.15) is 60.8 Å². The number of piperazine rings is 1. The van der Waals surface area contributed by atoms with Crippen LogP contribution in [0.25, 0.3) is 0 Å². The molecule has 4 nitrogen and oxygen atoms in total. The number of amides is 1. The van der Waals surface area contributed by atoms with Gasteiger partial charge in [0.25, 0.3) is 5.91 Å². The predicted octanol–water partition coefficient (Wildman–Crippen LogP) is 5.99. The number of carbonyl (C=O) groups is 1. The Hall–Kier alpha value is -3.02. The molecule has 4 rings (SSSR count). The third kappa shape index (κ3) is 5.69. The molecule has 0 spiro atoms. The van der Waals surface area contributed by atoms with E-state index in [1.165, 1.54) is 11.6 Å². The molecular formula is C31H38FN3O. The molecule has 0 unspecified atom stereocenters. The molecule has 1 heterocycles. The van der Waals surface area contributed by atoms with E-state index in [1.54, 1.807) is 12.1 Å². The highest BCUT2D eigenvalue weighted by atomic mass is 19.1. The number of benzene rings is 3. The highest BCUT2D eigenvalue weighted by Gasteiger charge is 2.36. The summed E-state index contributed by atoms with van der Waals surface area (Å²) in [6.07, 6.45) is 0. The van der Waals surface area contributed by atoms with Gasteiger partial charge in [-0.3, -0.25) is 14.6 Å². The van der Waals surface area contributed by atoms with Gasteiger partial charge in [0.15, 0.2) is 0 Å². The van der Waals surface area contributed by atoms with Crippen molar-refractivity contribution < 1.29 is 9.18 Å². The van der Waals surface area contributed by atoms with E-state index in [0.717, 1.165) is 36.3 Å². The van der Waals surface area contributed by atoms with Crippen molar-refractivity contribution in [2.75, 3.05) is 26.2 Å². The van der Waals surface area contributed by atoms with Gasteiger partial charge in [-0.05, 0) is 62.6 Å². The lowest BCUT2D eigenvalue weighted by Crippen LogP contribution is -2.57. The summed E-state index contributed by atoms with van der Waals surface area (Å²) in [5.74, 6) is -0.104. The zero-order chi connectivity index (χ0) is 25.7. The Labute approximate surface area is 215 Å². The van der Waals surface area contributed by atoms with E-state index in [4.69, 9.17) is 0 Å². The van der Waals surface area contributed by atoms with Gasteiger partial charge in [-0.25, -0.2) is 4.39 Å². The maximum absolute atomic E-state index is 13.8. The van der Waals surface area contributed by atoms with E-state index in [1.807, 2.05) is 49.1 Å². The minimum atomic E-state index is -0.189. The maximum Gasteiger partial charge on any atom is 0.254 e. The van der Waals surface area contributed by atoms with Crippen LogP contribution in [0.2, 0.25) is 0 Å². The SMILES string of the molecule is CCN(CC)C(=O)c1ccccc1[C@H](c1ccccc1)N1C[C@@H](C)N(Cc2cccc(F)c2)C[C@@H]1C. The fourth-order valence-electron chi connectivity index (χ4n) is 5.47. The van der Waals surface area contributed by atoms with Crippen LogP contribution in [0.15, 0.2) is 78.9 Å². The van der Waals surface area contributed by atoms with Gasteiger partial charge in [-0.1, -0.05) is 60.7 Å². The van der Waals surface area contributed by atoms with Gasteiger partial charge in [0.05, 0.1) is 6.04 Å². The molecule has 1 amide bonds. The standard InChI is InChI=1S/C31H38FN3O/c1-5-33(6-2)31(36)29-18-11-10-17-28(29)30(26-14-8-7-9-15-26)35-21-23(3)34(20-24(35)4)22-25-13-12-16-27(32)19-25/h7-19,23-24,30H,5-6,20-22H2,1-4H3/t23-,24+,30+/m1/s1. The summed E-state index contributed by atoms with van der Waals surface area (Å²) in [5, 5.41) is 0. The van der Waals surface area contributed by atoms with Crippen LogP contribution in [0.3, 0.4) is 0 Å². The second-order valence-corrected chi connectivity index (χ2v) is 9.83. The fraction of sp³-hybridized carbons (Fsp3) is 0.387. The molecule has 5 heteroatoms. The molecule has 1 fully saturated rings. The third-order valence-electron chi connectivity index (χ3n) is 7.42. The summed E-state index contributed by atoms with van der Waals surface area (Å²) in [5.41, 5.74) is 4.02. The summed E-state index contributed by atoms with van der Waals surface area (Å²) in [7, 11) is 0. The molecule has 0 bridgehead atoms. The molecule has 1 saturated heterocycles. The highest BCUT2D eigenvalue weighted by molar-refractivity contribution is 5.96. The molecule has 3 atom stereocenters. The van der Waals surface area contributed by atoms with E-state index in [9.17, 15) is 9.18 Å². The van der Waals surface area contributed by atoms with Crippen LogP contribution in [-0.2, 0) is 6.54 Å². The van der Waals surface area contributed by atoms with Gasteiger partial charge in [0.1, 0.15) is 5.82 Å². The van der Waals surface area contributed by atoms with Gasteiger partial charge in [0, 0.05) is 50.4 Å². The van der Waals surface area contributed by atoms with E-state index >= 15 is 0 Å². The summed E-state index contributed by atoms with van der Waals surface area (Å²) in [6.45, 7) is 12.4. The minimum absolute atomic E-state index is 0.0318. The highest BCUT2D eigenvalue weighted by Crippen LogP contribution is 2.35. The summed E-state index contributed by atoms with van der Waals surface area (Å²) in [6, 6.07) is 26.0. The average molecular weight is 488 g/mol. The van der Waals surface area contributed by atoms with Crippen molar-refractivity contribution in [1.82, 2.24) is 14.7 Å². The van der Waals surface area contributed by atoms with E-state index in [-0.39, 0.29) is 29.8 Å². The Morgan fingerprint density at radius 2 is 1.61 bits per heavy atom. The zero-order valence-corrected chi connectivity index (χ0v) is 21.9. The molecule has 1 aliphatic rings. The number of carbonyl (C=O) groups excluding carboxylic acids is 1. The molecular weight excluding hydrogens is 449 g/mol. The molecule has 0 radical (unpaired) electrons. The van der Waals surface area contributed by atoms with Gasteiger partial charge in [0.2, 0.25) is 0 Å². The topological polar surface area (TPSA) is 26.8 Å². The van der Waals surface area contributed by atoms with Crippen molar-refractivity contribution in [1.29, 1.82) is 0 Å². The quantitative estimate of drug-likeness (QED) is 0.390. The molecule has 190 valence electrons. The Kier molecular flexibility index (Phi) is 8.55. The summed E-state index contributed by atoms with van der Waals surface area (Å²) in [4.78, 5) is 20.4. The first-order valence-corrected chi connectivity index (χ1v) is 13.1. The smallest absolute Gasteiger partial charge is 0.254 e.